The molecule has 0 radical (unpaired) electrons. The van der Waals surface area contributed by atoms with Crippen LogP contribution in [0.4, 0.5) is 17.6 Å². The molecule has 4 aliphatic rings. The molecule has 0 heterocycles. The summed E-state index contributed by atoms with van der Waals surface area (Å²) in [6, 6.07) is 0. The summed E-state index contributed by atoms with van der Waals surface area (Å²) in [6.07, 6.45) is 4.52. The quantitative estimate of drug-likeness (QED) is 0.345. The molecule has 0 aliphatic heterocycles. The first-order valence-corrected chi connectivity index (χ1v) is 14.9. The number of halogens is 4. The Morgan fingerprint density at radius 2 is 0.588 bits per heavy atom. The summed E-state index contributed by atoms with van der Waals surface area (Å²) < 4.78 is 60.8. The molecule has 34 heavy (non-hydrogen) atoms. The van der Waals surface area contributed by atoms with E-state index < -0.39 is 36.5 Å². The van der Waals surface area contributed by atoms with Crippen LogP contribution in [0.25, 0.3) is 0 Å². The minimum Gasteiger partial charge on any atom is -0.244 e. The van der Waals surface area contributed by atoms with Crippen LogP contribution in [0.15, 0.2) is 0 Å². The molecule has 8 unspecified atom stereocenters. The molecule has 0 aromatic rings. The van der Waals surface area contributed by atoms with E-state index in [-0.39, 0.29) is 23.7 Å². The minimum absolute atomic E-state index is 0.219. The average Bonchev–Trinajstić information content (AvgIpc) is 2.87. The molecule has 0 saturated heterocycles. The molecule has 0 spiro atoms. The van der Waals surface area contributed by atoms with Gasteiger partial charge in [0.2, 0.25) is 0 Å². The third kappa shape index (κ3) is 6.93. The summed E-state index contributed by atoms with van der Waals surface area (Å²) >= 11 is 0. The van der Waals surface area contributed by atoms with Crippen molar-refractivity contribution in [3.8, 4) is 0 Å². The van der Waals surface area contributed by atoms with Gasteiger partial charge in [0.1, 0.15) is 24.7 Å². The van der Waals surface area contributed by atoms with Gasteiger partial charge in [-0.15, -0.1) is 0 Å². The molecule has 0 nitrogen and oxygen atoms in total. The Kier molecular flexibility index (Phi) is 12.7. The lowest BCUT2D eigenvalue weighted by Crippen LogP contribution is -2.50. The van der Waals surface area contributed by atoms with Gasteiger partial charge in [-0.3, -0.25) is 0 Å². The lowest BCUT2D eigenvalue weighted by atomic mass is 9.61. The summed E-state index contributed by atoms with van der Waals surface area (Å²) in [5, 5.41) is 0. The number of hydrogen-bond acceptors (Lipinski definition) is 0. The van der Waals surface area contributed by atoms with Gasteiger partial charge in [-0.05, 0) is 98.7 Å². The minimum atomic E-state index is -1.62. The second-order valence-electron chi connectivity index (χ2n) is 11.6. The second-order valence-corrected chi connectivity index (χ2v) is 11.6. The molecule has 4 saturated carbocycles. The summed E-state index contributed by atoms with van der Waals surface area (Å²) in [5.74, 6) is 0.206. The first kappa shape index (κ1) is 29.9. The van der Waals surface area contributed by atoms with Gasteiger partial charge in [-0.1, -0.05) is 67.2 Å². The topological polar surface area (TPSA) is 0 Å². The fourth-order valence-electron chi connectivity index (χ4n) is 7.67. The van der Waals surface area contributed by atoms with Gasteiger partial charge in [0, 0.05) is 0 Å². The zero-order chi connectivity index (χ0) is 25.4. The standard InChI is InChI=1S/C26H42F4.2C2H6/c1-15-3-7-17(8-4-15)19-11-13-21(25(29)23(19)27)22-14-12-20(24(28)26(22)30)18-9-5-16(2)6-10-18;2*1-2/h15-26H,3-14H2,1-2H3;2*1-2H3. The predicted octanol–water partition coefficient (Wildman–Crippen LogP) is 10.1. The van der Waals surface area contributed by atoms with Crippen LogP contribution in [0.2, 0.25) is 0 Å². The van der Waals surface area contributed by atoms with E-state index in [0.717, 1.165) is 51.4 Å². The molecule has 4 rings (SSSR count). The van der Waals surface area contributed by atoms with Gasteiger partial charge in [0.15, 0.2) is 0 Å². The zero-order valence-corrected chi connectivity index (χ0v) is 22.9. The average molecular weight is 491 g/mol. The molecule has 0 bridgehead atoms. The van der Waals surface area contributed by atoms with Crippen molar-refractivity contribution < 1.29 is 17.6 Å². The summed E-state index contributed by atoms with van der Waals surface area (Å²) in [4.78, 5) is 0. The van der Waals surface area contributed by atoms with Crippen molar-refractivity contribution >= 4 is 0 Å². The van der Waals surface area contributed by atoms with Crippen molar-refractivity contribution in [3.05, 3.63) is 0 Å². The molecule has 4 fully saturated rings. The Hall–Kier alpha value is -0.280. The highest BCUT2D eigenvalue weighted by atomic mass is 19.2. The number of rotatable bonds is 3. The van der Waals surface area contributed by atoms with Crippen LogP contribution in [0.3, 0.4) is 0 Å². The lowest BCUT2D eigenvalue weighted by molar-refractivity contribution is -0.0815. The fraction of sp³-hybridized carbons (Fsp3) is 1.00. The third-order valence-corrected chi connectivity index (χ3v) is 9.79. The van der Waals surface area contributed by atoms with Crippen LogP contribution in [0, 0.1) is 47.3 Å². The van der Waals surface area contributed by atoms with Gasteiger partial charge in [0.05, 0.1) is 0 Å². The van der Waals surface area contributed by atoms with Gasteiger partial charge in [-0.25, -0.2) is 17.6 Å². The first-order chi connectivity index (χ1) is 16.4. The SMILES string of the molecule is CC.CC.CC1CCC(C2CCC(C3CCC(C4CCC(C)CC4)C(F)C3F)C(F)C2F)CC1. The predicted molar refractivity (Wildman–Crippen MR) is 137 cm³/mol. The van der Waals surface area contributed by atoms with E-state index >= 15 is 17.6 Å². The third-order valence-electron chi connectivity index (χ3n) is 9.79. The first-order valence-electron chi connectivity index (χ1n) is 14.9. The van der Waals surface area contributed by atoms with Gasteiger partial charge < -0.3 is 0 Å². The highest BCUT2D eigenvalue weighted by Crippen LogP contribution is 2.51. The maximum atomic E-state index is 15.2. The van der Waals surface area contributed by atoms with Crippen LogP contribution in [0.1, 0.15) is 119 Å². The van der Waals surface area contributed by atoms with Gasteiger partial charge >= 0.3 is 0 Å². The molecular weight excluding hydrogens is 436 g/mol. The second kappa shape index (κ2) is 14.5. The summed E-state index contributed by atoms with van der Waals surface area (Å²) in [5.41, 5.74) is 0. The van der Waals surface area contributed by atoms with E-state index in [1.54, 1.807) is 0 Å². The molecular formula is C30H54F4. The highest BCUT2D eigenvalue weighted by molar-refractivity contribution is 5.00. The van der Waals surface area contributed by atoms with Gasteiger partial charge in [-0.2, -0.15) is 0 Å². The molecule has 0 N–H and O–H groups in total. The maximum absolute atomic E-state index is 15.2. The molecule has 0 aromatic heterocycles. The zero-order valence-electron chi connectivity index (χ0n) is 22.9. The molecule has 4 aliphatic carbocycles. The van der Waals surface area contributed by atoms with E-state index in [2.05, 4.69) is 13.8 Å². The number of alkyl halides is 4. The molecule has 8 atom stereocenters. The van der Waals surface area contributed by atoms with Crippen LogP contribution >= 0.6 is 0 Å². The Morgan fingerprint density at radius 3 is 0.882 bits per heavy atom. The number of hydrogen-bond donors (Lipinski definition) is 0. The van der Waals surface area contributed by atoms with Crippen LogP contribution in [-0.2, 0) is 0 Å². The Morgan fingerprint density at radius 1 is 0.353 bits per heavy atom. The van der Waals surface area contributed by atoms with E-state index in [1.165, 1.54) is 0 Å². The van der Waals surface area contributed by atoms with E-state index in [1.807, 2.05) is 27.7 Å². The van der Waals surface area contributed by atoms with Gasteiger partial charge in [0.25, 0.3) is 0 Å². The van der Waals surface area contributed by atoms with Crippen molar-refractivity contribution in [2.24, 2.45) is 47.3 Å². The summed E-state index contributed by atoms with van der Waals surface area (Å²) in [7, 11) is 0. The molecule has 0 aromatic carbocycles. The molecule has 0 amide bonds. The van der Waals surface area contributed by atoms with Crippen molar-refractivity contribution in [1.29, 1.82) is 0 Å². The van der Waals surface area contributed by atoms with Crippen LogP contribution < -0.4 is 0 Å². The van der Waals surface area contributed by atoms with Crippen molar-refractivity contribution in [1.82, 2.24) is 0 Å². The van der Waals surface area contributed by atoms with E-state index in [4.69, 9.17) is 0 Å². The van der Waals surface area contributed by atoms with E-state index in [9.17, 15) is 0 Å². The smallest absolute Gasteiger partial charge is 0.135 e. The molecule has 202 valence electrons. The van der Waals surface area contributed by atoms with Crippen molar-refractivity contribution in [3.63, 3.8) is 0 Å². The molecule has 4 heteroatoms. The maximum Gasteiger partial charge on any atom is 0.135 e. The van der Waals surface area contributed by atoms with Crippen molar-refractivity contribution in [2.75, 3.05) is 0 Å². The lowest BCUT2D eigenvalue weighted by Gasteiger charge is -2.47. The van der Waals surface area contributed by atoms with Crippen LogP contribution in [-0.4, -0.2) is 24.7 Å². The Balaban J connectivity index is 0.000000970. The normalized spacial score (nSPS) is 47.5. The monoisotopic (exact) mass is 490 g/mol. The van der Waals surface area contributed by atoms with Crippen LogP contribution in [0.5, 0.6) is 0 Å². The Labute approximate surface area is 208 Å². The largest absolute Gasteiger partial charge is 0.244 e. The fourth-order valence-corrected chi connectivity index (χ4v) is 7.67. The summed E-state index contributed by atoms with van der Waals surface area (Å²) in [6.45, 7) is 12.5. The van der Waals surface area contributed by atoms with Crippen molar-refractivity contribution in [2.45, 2.75) is 143 Å². The Bertz CT molecular complexity index is 490. The highest BCUT2D eigenvalue weighted by Gasteiger charge is 2.52. The van der Waals surface area contributed by atoms with E-state index in [0.29, 0.717) is 37.5 Å².